The molecule has 0 aliphatic carbocycles. The maximum Gasteiger partial charge on any atom is 0.321 e. The van der Waals surface area contributed by atoms with Crippen LogP contribution < -0.4 is 11.1 Å². The van der Waals surface area contributed by atoms with Gasteiger partial charge in [0.05, 0.1) is 15.8 Å². The monoisotopic (exact) mass is 628 g/mol. The minimum Gasteiger partial charge on any atom is -0.427 e. The lowest BCUT2D eigenvalue weighted by Crippen LogP contribution is -2.74. The van der Waals surface area contributed by atoms with Gasteiger partial charge in [-0.25, -0.2) is 9.97 Å². The van der Waals surface area contributed by atoms with E-state index in [0.29, 0.717) is 4.88 Å². The maximum absolute atomic E-state index is 13.3. The number of nitrogen functional groups attached to an aromatic ring is 1. The maximum atomic E-state index is 13.3. The van der Waals surface area contributed by atoms with Crippen molar-refractivity contribution in [3.05, 3.63) is 32.7 Å². The van der Waals surface area contributed by atoms with Crippen LogP contribution in [0.2, 0.25) is 5.15 Å². The number of carbonyl (C=O) groups excluding carboxylic acids is 4. The number of carbonyl (C=O) groups is 4. The van der Waals surface area contributed by atoms with Gasteiger partial charge in [0.15, 0.2) is 10.8 Å². The standard InChI is InChI=1S/C23H25ClN6O7S3/c1-22(2,3)19(33)36-10-37-20(34)23(5-4-12-15(24)26-9-40-12)7-30-17(32)14(18(30)39-8-23)28-16(31)13(29-35)11-6-38-21(25)27-11/h4-6,9,14,18,35H,7-8,10H2,1-3H3,(H2,25,27)(H,28,31)/t14?,18-,23?/m1/s1. The van der Waals surface area contributed by atoms with Gasteiger partial charge in [0, 0.05) is 17.7 Å². The van der Waals surface area contributed by atoms with Crippen LogP contribution in [-0.4, -0.2) is 80.0 Å². The molecule has 4 rings (SSSR count). The number of aromatic nitrogens is 2. The molecule has 0 spiro atoms. The molecule has 2 amide bonds. The zero-order valence-corrected chi connectivity index (χ0v) is 24.7. The fourth-order valence-electron chi connectivity index (χ4n) is 3.79. The lowest BCUT2D eigenvalue weighted by Gasteiger charge is -2.53. The Kier molecular flexibility index (Phi) is 8.72. The average Bonchev–Trinajstić information content (AvgIpc) is 3.52. The van der Waals surface area contributed by atoms with E-state index in [9.17, 15) is 24.4 Å². The zero-order valence-electron chi connectivity index (χ0n) is 21.5. The first-order chi connectivity index (χ1) is 18.9. The van der Waals surface area contributed by atoms with Crippen molar-refractivity contribution in [2.75, 3.05) is 24.8 Å². The predicted molar refractivity (Wildman–Crippen MR) is 150 cm³/mol. The average molecular weight is 629 g/mol. The van der Waals surface area contributed by atoms with Crippen LogP contribution in [0.1, 0.15) is 31.3 Å². The summed E-state index contributed by atoms with van der Waals surface area (Å²) in [5.74, 6) is -2.31. The Morgan fingerprint density at radius 3 is 2.70 bits per heavy atom. The lowest BCUT2D eigenvalue weighted by molar-refractivity contribution is -0.178. The van der Waals surface area contributed by atoms with E-state index in [-0.39, 0.29) is 34.0 Å². The van der Waals surface area contributed by atoms with Crippen molar-refractivity contribution < 1.29 is 33.9 Å². The number of β-lactam (4-membered cyclic amide) rings is 1. The van der Waals surface area contributed by atoms with Crippen LogP contribution in [0.25, 0.3) is 6.08 Å². The molecule has 17 heteroatoms. The molecular formula is C23H25ClN6O7S3. The summed E-state index contributed by atoms with van der Waals surface area (Å²) in [4.78, 5) is 61.2. The molecule has 4 N–H and O–H groups in total. The number of rotatable bonds is 8. The lowest BCUT2D eigenvalue weighted by atomic mass is 9.86. The number of amides is 2. The molecule has 0 bridgehead atoms. The summed E-state index contributed by atoms with van der Waals surface area (Å²) in [6.45, 7) is 4.37. The Morgan fingerprint density at radius 2 is 2.10 bits per heavy atom. The highest BCUT2D eigenvalue weighted by molar-refractivity contribution is 8.00. The van der Waals surface area contributed by atoms with E-state index in [1.54, 1.807) is 38.4 Å². The normalized spacial score (nSPS) is 22.9. The van der Waals surface area contributed by atoms with Crippen molar-refractivity contribution in [1.82, 2.24) is 20.2 Å². The Bertz CT molecular complexity index is 1390. The zero-order chi connectivity index (χ0) is 29.2. The Hall–Kier alpha value is -3.21. The second-order valence-electron chi connectivity index (χ2n) is 9.87. The van der Waals surface area contributed by atoms with Crippen molar-refractivity contribution in [1.29, 1.82) is 0 Å². The molecule has 3 atom stereocenters. The van der Waals surface area contributed by atoms with Gasteiger partial charge in [-0.2, -0.15) is 0 Å². The topological polar surface area (TPSA) is 186 Å². The van der Waals surface area contributed by atoms with Crippen LogP contribution in [0.3, 0.4) is 0 Å². The fraction of sp³-hybridized carbons (Fsp3) is 0.435. The number of thiazole rings is 2. The van der Waals surface area contributed by atoms with Crippen molar-refractivity contribution in [2.45, 2.75) is 32.2 Å². The summed E-state index contributed by atoms with van der Waals surface area (Å²) in [6.07, 6.45) is 3.24. The molecule has 2 aromatic heterocycles. The van der Waals surface area contributed by atoms with E-state index in [4.69, 9.17) is 26.8 Å². The molecule has 13 nitrogen and oxygen atoms in total. The van der Waals surface area contributed by atoms with Gasteiger partial charge in [0.1, 0.15) is 27.7 Å². The van der Waals surface area contributed by atoms with Gasteiger partial charge in [-0.05, 0) is 26.8 Å². The Balaban J connectivity index is 1.47. The summed E-state index contributed by atoms with van der Waals surface area (Å²) in [5.41, 5.74) is 4.76. The summed E-state index contributed by atoms with van der Waals surface area (Å²) in [6, 6.07) is -0.924. The van der Waals surface area contributed by atoms with Crippen molar-refractivity contribution in [3.63, 3.8) is 0 Å². The first-order valence-electron chi connectivity index (χ1n) is 11.7. The smallest absolute Gasteiger partial charge is 0.321 e. The third-order valence-electron chi connectivity index (χ3n) is 5.97. The Morgan fingerprint density at radius 1 is 1.35 bits per heavy atom. The van der Waals surface area contributed by atoms with Crippen LogP contribution in [-0.2, 0) is 28.7 Å². The number of thioether (sulfide) groups is 1. The van der Waals surface area contributed by atoms with E-state index in [1.807, 2.05) is 0 Å². The van der Waals surface area contributed by atoms with Crippen LogP contribution in [0.4, 0.5) is 5.13 Å². The van der Waals surface area contributed by atoms with Gasteiger partial charge >= 0.3 is 11.9 Å². The molecule has 0 saturated carbocycles. The SMILES string of the molecule is CC(C)(C)C(=O)OCOC(=O)C1(C=Cc2scnc2Cl)CS[C@@H]2C(NC(=O)C(=NO)c3csc(N)n3)C(=O)N2C1. The number of hydrogen-bond donors (Lipinski definition) is 3. The second-order valence-corrected chi connectivity index (χ2v) is 13.1. The van der Waals surface area contributed by atoms with E-state index >= 15 is 0 Å². The molecule has 40 heavy (non-hydrogen) atoms. The quantitative estimate of drug-likeness (QED) is 0.0971. The number of oxime groups is 1. The van der Waals surface area contributed by atoms with Gasteiger partial charge in [0.2, 0.25) is 12.7 Å². The molecule has 2 aliphatic heterocycles. The predicted octanol–water partition coefficient (Wildman–Crippen LogP) is 2.20. The largest absolute Gasteiger partial charge is 0.427 e. The van der Waals surface area contributed by atoms with Gasteiger partial charge in [-0.15, -0.1) is 34.4 Å². The first kappa shape index (κ1) is 29.8. The highest BCUT2D eigenvalue weighted by atomic mass is 35.5. The first-order valence-corrected chi connectivity index (χ1v) is 14.8. The van der Waals surface area contributed by atoms with Crippen LogP contribution >= 0.6 is 46.0 Å². The molecule has 2 aromatic rings. The van der Waals surface area contributed by atoms with Crippen LogP contribution in [0.15, 0.2) is 22.1 Å². The second kappa shape index (κ2) is 11.7. The van der Waals surface area contributed by atoms with E-state index < -0.39 is 52.8 Å². The number of hydrogen-bond acceptors (Lipinski definition) is 14. The number of esters is 2. The van der Waals surface area contributed by atoms with Gasteiger partial charge in [0.25, 0.3) is 5.91 Å². The number of halogens is 1. The Labute approximate surface area is 245 Å². The number of fused-ring (bicyclic) bond motifs is 1. The highest BCUT2D eigenvalue weighted by Crippen LogP contribution is 2.44. The number of nitrogens with two attached hydrogens (primary N) is 1. The third-order valence-corrected chi connectivity index (χ3v) is 9.40. The minimum atomic E-state index is -1.30. The molecule has 0 aromatic carbocycles. The van der Waals surface area contributed by atoms with Crippen LogP contribution in [0.5, 0.6) is 0 Å². The molecule has 214 valence electrons. The minimum absolute atomic E-state index is 0.0571. The van der Waals surface area contributed by atoms with Crippen LogP contribution in [0, 0.1) is 10.8 Å². The van der Waals surface area contributed by atoms with E-state index in [2.05, 4.69) is 20.4 Å². The molecular weight excluding hydrogens is 604 g/mol. The third kappa shape index (κ3) is 6.09. The summed E-state index contributed by atoms with van der Waals surface area (Å²) >= 11 is 9.70. The number of ether oxygens (including phenoxy) is 2. The summed E-state index contributed by atoms with van der Waals surface area (Å²) in [5, 5.41) is 16.3. The molecule has 2 fully saturated rings. The van der Waals surface area contributed by atoms with Gasteiger partial charge < -0.3 is 30.6 Å². The number of nitrogens with one attached hydrogen (secondary N) is 1. The van der Waals surface area contributed by atoms with Gasteiger partial charge in [-0.3, -0.25) is 19.2 Å². The summed E-state index contributed by atoms with van der Waals surface area (Å²) < 4.78 is 10.4. The van der Waals surface area contributed by atoms with Crippen molar-refractivity contribution in [3.8, 4) is 0 Å². The van der Waals surface area contributed by atoms with Crippen molar-refractivity contribution >= 4 is 86.7 Å². The molecule has 2 saturated heterocycles. The molecule has 4 heterocycles. The highest BCUT2D eigenvalue weighted by Gasteiger charge is 2.57. The molecule has 2 unspecified atom stereocenters. The number of nitrogens with zero attached hydrogens (tertiary/aromatic N) is 4. The molecule has 0 radical (unpaired) electrons. The van der Waals surface area contributed by atoms with Gasteiger partial charge in [-0.1, -0.05) is 22.8 Å². The molecule has 2 aliphatic rings. The fourth-order valence-corrected chi connectivity index (χ4v) is 6.72. The summed E-state index contributed by atoms with van der Waals surface area (Å²) in [7, 11) is 0. The number of anilines is 1. The van der Waals surface area contributed by atoms with E-state index in [0.717, 1.165) is 11.3 Å². The van der Waals surface area contributed by atoms with Crippen molar-refractivity contribution in [2.24, 2.45) is 16.0 Å². The van der Waals surface area contributed by atoms with E-state index in [1.165, 1.54) is 33.4 Å².